The molecule has 1 aromatic carbocycles. The van der Waals surface area contributed by atoms with Gasteiger partial charge in [0.2, 0.25) is 5.91 Å². The van der Waals surface area contributed by atoms with E-state index in [1.165, 1.54) is 19.3 Å². The molecule has 0 spiro atoms. The van der Waals surface area contributed by atoms with Crippen LogP contribution in [0.15, 0.2) is 18.2 Å². The Morgan fingerprint density at radius 2 is 1.95 bits per heavy atom. The zero-order chi connectivity index (χ0) is 14.3. The normalized spacial score (nSPS) is 22.8. The van der Waals surface area contributed by atoms with E-state index in [0.717, 1.165) is 29.7 Å². The van der Waals surface area contributed by atoms with Crippen LogP contribution in [0.25, 0.3) is 0 Å². The van der Waals surface area contributed by atoms with Crippen molar-refractivity contribution in [1.29, 1.82) is 0 Å². The van der Waals surface area contributed by atoms with Crippen LogP contribution in [0.3, 0.4) is 0 Å². The highest BCUT2D eigenvalue weighted by Gasteiger charge is 2.36. The molecule has 1 aliphatic heterocycles. The monoisotopic (exact) mass is 273 g/mol. The summed E-state index contributed by atoms with van der Waals surface area (Å²) < 4.78 is 0. The van der Waals surface area contributed by atoms with Crippen molar-refractivity contribution in [3.05, 3.63) is 29.3 Å². The zero-order valence-corrected chi connectivity index (χ0v) is 12.4. The standard InChI is InChI=1S/C17H23NO2/c1-17(8-4-3-5-9-17)16(20)12-6-7-14-13(10-12)11-15(19)18(14)2/h6-7,10,16,20H,3-5,8-9,11H2,1-2H3. The van der Waals surface area contributed by atoms with Crippen LogP contribution in [-0.4, -0.2) is 18.1 Å². The number of nitrogens with zero attached hydrogens (tertiary/aromatic N) is 1. The molecule has 1 aliphatic carbocycles. The molecule has 108 valence electrons. The first-order chi connectivity index (χ1) is 9.51. The van der Waals surface area contributed by atoms with Crippen molar-refractivity contribution >= 4 is 11.6 Å². The molecule has 2 aliphatic rings. The van der Waals surface area contributed by atoms with Gasteiger partial charge in [0.15, 0.2) is 0 Å². The average molecular weight is 273 g/mol. The molecule has 1 fully saturated rings. The maximum absolute atomic E-state index is 11.7. The van der Waals surface area contributed by atoms with Gasteiger partial charge >= 0.3 is 0 Å². The molecule has 1 saturated carbocycles. The fourth-order valence-corrected chi connectivity index (χ4v) is 3.70. The molecule has 1 unspecified atom stereocenters. The molecule has 1 atom stereocenters. The van der Waals surface area contributed by atoms with E-state index in [1.807, 2.05) is 25.2 Å². The number of hydrogen-bond acceptors (Lipinski definition) is 2. The molecular formula is C17H23NO2. The Kier molecular flexibility index (Phi) is 3.33. The minimum atomic E-state index is -0.422. The van der Waals surface area contributed by atoms with Crippen molar-refractivity contribution in [2.45, 2.75) is 51.6 Å². The van der Waals surface area contributed by atoms with E-state index in [9.17, 15) is 9.90 Å². The number of aliphatic hydroxyl groups is 1. The van der Waals surface area contributed by atoms with Gasteiger partial charge in [-0.1, -0.05) is 38.3 Å². The summed E-state index contributed by atoms with van der Waals surface area (Å²) in [4.78, 5) is 13.4. The predicted octanol–water partition coefficient (Wildman–Crippen LogP) is 3.21. The van der Waals surface area contributed by atoms with Crippen molar-refractivity contribution in [1.82, 2.24) is 0 Å². The average Bonchev–Trinajstić information content (AvgIpc) is 2.73. The molecule has 20 heavy (non-hydrogen) atoms. The maximum atomic E-state index is 11.7. The second kappa shape index (κ2) is 4.88. The third-order valence-corrected chi connectivity index (χ3v) is 5.15. The molecule has 0 bridgehead atoms. The van der Waals surface area contributed by atoms with Gasteiger partial charge < -0.3 is 10.0 Å². The van der Waals surface area contributed by atoms with Gasteiger partial charge in [-0.2, -0.15) is 0 Å². The summed E-state index contributed by atoms with van der Waals surface area (Å²) in [5.41, 5.74) is 2.99. The number of hydrogen-bond donors (Lipinski definition) is 1. The van der Waals surface area contributed by atoms with E-state index in [0.29, 0.717) is 6.42 Å². The van der Waals surface area contributed by atoms with Gasteiger partial charge in [-0.15, -0.1) is 0 Å². The maximum Gasteiger partial charge on any atom is 0.231 e. The zero-order valence-electron chi connectivity index (χ0n) is 12.4. The highest BCUT2D eigenvalue weighted by molar-refractivity contribution is 6.00. The molecular weight excluding hydrogens is 250 g/mol. The van der Waals surface area contributed by atoms with Gasteiger partial charge in [-0.3, -0.25) is 4.79 Å². The van der Waals surface area contributed by atoms with E-state index in [-0.39, 0.29) is 11.3 Å². The molecule has 0 aromatic heterocycles. The Morgan fingerprint density at radius 1 is 1.25 bits per heavy atom. The summed E-state index contributed by atoms with van der Waals surface area (Å²) in [6.45, 7) is 2.20. The van der Waals surface area contributed by atoms with Crippen molar-refractivity contribution < 1.29 is 9.90 Å². The molecule has 0 radical (unpaired) electrons. The first kappa shape index (κ1) is 13.6. The Morgan fingerprint density at radius 3 is 2.65 bits per heavy atom. The SMILES string of the molecule is CN1C(=O)Cc2cc(C(O)C3(C)CCCCC3)ccc21. The number of benzene rings is 1. The van der Waals surface area contributed by atoms with Crippen LogP contribution >= 0.6 is 0 Å². The van der Waals surface area contributed by atoms with Crippen molar-refractivity contribution in [3.8, 4) is 0 Å². The van der Waals surface area contributed by atoms with Gasteiger partial charge in [0.1, 0.15) is 0 Å². The van der Waals surface area contributed by atoms with Gasteiger partial charge in [-0.25, -0.2) is 0 Å². The number of anilines is 1. The molecule has 1 heterocycles. The van der Waals surface area contributed by atoms with Crippen molar-refractivity contribution in [2.75, 3.05) is 11.9 Å². The Labute approximate surface area is 120 Å². The van der Waals surface area contributed by atoms with Crippen LogP contribution in [0, 0.1) is 5.41 Å². The molecule has 3 heteroatoms. The summed E-state index contributed by atoms with van der Waals surface area (Å²) in [5.74, 6) is 0.135. The van der Waals surface area contributed by atoms with E-state index >= 15 is 0 Å². The first-order valence-electron chi connectivity index (χ1n) is 7.59. The first-order valence-corrected chi connectivity index (χ1v) is 7.59. The quantitative estimate of drug-likeness (QED) is 0.899. The molecule has 1 amide bonds. The third kappa shape index (κ3) is 2.14. The van der Waals surface area contributed by atoms with Crippen LogP contribution in [0.2, 0.25) is 0 Å². The van der Waals surface area contributed by atoms with Crippen LogP contribution in [-0.2, 0) is 11.2 Å². The molecule has 0 saturated heterocycles. The lowest BCUT2D eigenvalue weighted by Crippen LogP contribution is -2.28. The smallest absolute Gasteiger partial charge is 0.231 e. The fourth-order valence-electron chi connectivity index (χ4n) is 3.70. The number of likely N-dealkylation sites (N-methyl/N-ethyl adjacent to an activating group) is 1. The number of carbonyl (C=O) groups excluding carboxylic acids is 1. The Balaban J connectivity index is 1.88. The lowest BCUT2D eigenvalue weighted by atomic mass is 9.70. The highest BCUT2D eigenvalue weighted by atomic mass is 16.3. The van der Waals surface area contributed by atoms with Crippen LogP contribution < -0.4 is 4.90 Å². The summed E-state index contributed by atoms with van der Waals surface area (Å²) in [6, 6.07) is 5.99. The van der Waals surface area contributed by atoms with Crippen LogP contribution in [0.1, 0.15) is 56.3 Å². The van der Waals surface area contributed by atoms with E-state index < -0.39 is 6.10 Å². The lowest BCUT2D eigenvalue weighted by molar-refractivity contribution is -0.117. The Hall–Kier alpha value is -1.35. The van der Waals surface area contributed by atoms with Crippen LogP contribution in [0.5, 0.6) is 0 Å². The third-order valence-electron chi connectivity index (χ3n) is 5.15. The number of aliphatic hydroxyl groups excluding tert-OH is 1. The van der Waals surface area contributed by atoms with Gasteiger partial charge in [0.05, 0.1) is 12.5 Å². The van der Waals surface area contributed by atoms with Crippen molar-refractivity contribution in [3.63, 3.8) is 0 Å². The Bertz CT molecular complexity index is 532. The largest absolute Gasteiger partial charge is 0.388 e. The van der Waals surface area contributed by atoms with Gasteiger partial charge in [-0.05, 0) is 35.4 Å². The molecule has 1 aromatic rings. The van der Waals surface area contributed by atoms with Gasteiger partial charge in [0, 0.05) is 12.7 Å². The van der Waals surface area contributed by atoms with E-state index in [2.05, 4.69) is 6.92 Å². The minimum absolute atomic E-state index is 0.0129. The number of amides is 1. The lowest BCUT2D eigenvalue weighted by Gasteiger charge is -2.38. The second-order valence-electron chi connectivity index (χ2n) is 6.63. The van der Waals surface area contributed by atoms with Gasteiger partial charge in [0.25, 0.3) is 0 Å². The summed E-state index contributed by atoms with van der Waals surface area (Å²) in [6.07, 6.45) is 5.91. The number of fused-ring (bicyclic) bond motifs is 1. The number of carbonyl (C=O) groups is 1. The fraction of sp³-hybridized carbons (Fsp3) is 0.588. The summed E-state index contributed by atoms with van der Waals surface area (Å²) in [7, 11) is 1.81. The molecule has 1 N–H and O–H groups in total. The summed E-state index contributed by atoms with van der Waals surface area (Å²) in [5, 5.41) is 10.8. The second-order valence-corrected chi connectivity index (χ2v) is 6.63. The summed E-state index contributed by atoms with van der Waals surface area (Å²) >= 11 is 0. The molecule has 3 nitrogen and oxygen atoms in total. The van der Waals surface area contributed by atoms with E-state index in [1.54, 1.807) is 4.90 Å². The van der Waals surface area contributed by atoms with E-state index in [4.69, 9.17) is 0 Å². The predicted molar refractivity (Wildman–Crippen MR) is 79.7 cm³/mol. The minimum Gasteiger partial charge on any atom is -0.388 e. The topological polar surface area (TPSA) is 40.5 Å². The van der Waals surface area contributed by atoms with Crippen molar-refractivity contribution in [2.24, 2.45) is 5.41 Å². The highest BCUT2D eigenvalue weighted by Crippen LogP contribution is 2.46. The molecule has 3 rings (SSSR count). The number of rotatable bonds is 2. The van der Waals surface area contributed by atoms with Crippen LogP contribution in [0.4, 0.5) is 5.69 Å².